The number of hydrogen-bond acceptors (Lipinski definition) is 2. The maximum Gasteiger partial charge on any atom is 0.324 e. The summed E-state index contributed by atoms with van der Waals surface area (Å²) in [7, 11) is -0.833. The molecule has 0 saturated carbocycles. The van der Waals surface area contributed by atoms with E-state index in [2.05, 4.69) is 0 Å². The molecule has 0 radical (unpaired) electrons. The first-order valence-electron chi connectivity index (χ1n) is 3.06. The molecule has 0 spiro atoms. The summed E-state index contributed by atoms with van der Waals surface area (Å²) >= 11 is 0. The van der Waals surface area contributed by atoms with E-state index in [1.54, 1.807) is 0 Å². The van der Waals surface area contributed by atoms with Gasteiger partial charge in [0.25, 0.3) is 0 Å². The summed E-state index contributed by atoms with van der Waals surface area (Å²) < 4.78 is 8.46. The SMILES string of the molecule is NCc1ccccc1.O=PO. The standard InChI is InChI=1S/C7H9N.HO2P/c8-6-7-4-2-1-3-5-7;1-3-2/h1-5H,6,8H2;(H,1,2). The van der Waals surface area contributed by atoms with Crippen LogP contribution in [0.15, 0.2) is 30.3 Å². The molecular weight excluding hydrogens is 161 g/mol. The van der Waals surface area contributed by atoms with Crippen LogP contribution in [0.4, 0.5) is 0 Å². The second-order valence-corrected chi connectivity index (χ2v) is 1.93. The van der Waals surface area contributed by atoms with E-state index in [4.69, 9.17) is 15.2 Å². The average Bonchev–Trinajstić information content (AvgIpc) is 2.08. The van der Waals surface area contributed by atoms with Gasteiger partial charge in [0, 0.05) is 6.54 Å². The van der Waals surface area contributed by atoms with Crippen molar-refractivity contribution in [2.24, 2.45) is 5.73 Å². The van der Waals surface area contributed by atoms with E-state index in [-0.39, 0.29) is 0 Å². The van der Waals surface area contributed by atoms with E-state index in [1.807, 2.05) is 30.3 Å². The molecule has 0 aliphatic heterocycles. The molecule has 1 rings (SSSR count). The van der Waals surface area contributed by atoms with E-state index in [1.165, 1.54) is 5.56 Å². The lowest BCUT2D eigenvalue weighted by molar-refractivity contribution is 0.524. The van der Waals surface area contributed by atoms with Crippen LogP contribution in [0, 0.1) is 0 Å². The molecule has 0 aromatic heterocycles. The van der Waals surface area contributed by atoms with Crippen molar-refractivity contribution in [2.75, 3.05) is 0 Å². The molecule has 0 aliphatic carbocycles. The van der Waals surface area contributed by atoms with Gasteiger partial charge < -0.3 is 10.6 Å². The van der Waals surface area contributed by atoms with Gasteiger partial charge in [-0.15, -0.1) is 0 Å². The highest BCUT2D eigenvalue weighted by molar-refractivity contribution is 7.16. The monoisotopic (exact) mass is 171 g/mol. The zero-order valence-electron chi connectivity index (χ0n) is 5.97. The van der Waals surface area contributed by atoms with Crippen molar-refractivity contribution in [3.05, 3.63) is 35.9 Å². The molecule has 0 atom stereocenters. The molecule has 1 aromatic carbocycles. The van der Waals surface area contributed by atoms with Crippen molar-refractivity contribution in [1.82, 2.24) is 0 Å². The highest BCUT2D eigenvalue weighted by atomic mass is 31.1. The Morgan fingerprint density at radius 2 is 1.82 bits per heavy atom. The van der Waals surface area contributed by atoms with Crippen LogP contribution in [0.25, 0.3) is 0 Å². The van der Waals surface area contributed by atoms with Crippen LogP contribution in [-0.2, 0) is 11.1 Å². The minimum absolute atomic E-state index is 0.640. The Kier molecular flexibility index (Phi) is 6.84. The topological polar surface area (TPSA) is 63.3 Å². The predicted octanol–water partition coefficient (Wildman–Crippen LogP) is 1.33. The molecule has 0 bridgehead atoms. The predicted molar refractivity (Wildman–Crippen MR) is 44.2 cm³/mol. The molecule has 0 unspecified atom stereocenters. The Labute approximate surface area is 67.1 Å². The van der Waals surface area contributed by atoms with E-state index in [9.17, 15) is 0 Å². The maximum absolute atomic E-state index is 8.46. The van der Waals surface area contributed by atoms with E-state index in [0.717, 1.165) is 0 Å². The minimum Gasteiger partial charge on any atom is -0.326 e. The van der Waals surface area contributed by atoms with Gasteiger partial charge in [0.15, 0.2) is 0 Å². The van der Waals surface area contributed by atoms with Crippen LogP contribution >= 0.6 is 8.69 Å². The van der Waals surface area contributed by atoms with Gasteiger partial charge in [0.05, 0.1) is 0 Å². The van der Waals surface area contributed by atoms with Crippen molar-refractivity contribution in [2.45, 2.75) is 6.54 Å². The van der Waals surface area contributed by atoms with Crippen LogP contribution < -0.4 is 5.73 Å². The quantitative estimate of drug-likeness (QED) is 0.626. The highest BCUT2D eigenvalue weighted by Gasteiger charge is 1.80. The fraction of sp³-hybridized carbons (Fsp3) is 0.143. The highest BCUT2D eigenvalue weighted by Crippen LogP contribution is 1.94. The van der Waals surface area contributed by atoms with Crippen LogP contribution in [0.2, 0.25) is 0 Å². The molecule has 0 heterocycles. The average molecular weight is 171 g/mol. The van der Waals surface area contributed by atoms with Gasteiger partial charge in [-0.1, -0.05) is 30.3 Å². The second-order valence-electron chi connectivity index (χ2n) is 1.77. The van der Waals surface area contributed by atoms with Gasteiger partial charge in [-0.2, -0.15) is 0 Å². The summed E-state index contributed by atoms with van der Waals surface area (Å²) in [4.78, 5) is 6.99. The number of hydrogen-bond donors (Lipinski definition) is 2. The minimum atomic E-state index is -0.833. The lowest BCUT2D eigenvalue weighted by Crippen LogP contribution is -1.94. The molecule has 3 nitrogen and oxygen atoms in total. The van der Waals surface area contributed by atoms with Crippen molar-refractivity contribution in [3.63, 3.8) is 0 Å². The van der Waals surface area contributed by atoms with Crippen molar-refractivity contribution in [1.29, 1.82) is 0 Å². The molecule has 0 amide bonds. The summed E-state index contributed by atoms with van der Waals surface area (Å²) in [5.74, 6) is 0. The molecule has 1 aromatic rings. The van der Waals surface area contributed by atoms with Gasteiger partial charge in [-0.3, -0.25) is 0 Å². The van der Waals surface area contributed by atoms with Gasteiger partial charge in [-0.05, 0) is 5.56 Å². The van der Waals surface area contributed by atoms with Crippen LogP contribution in [-0.4, -0.2) is 4.89 Å². The molecule has 11 heavy (non-hydrogen) atoms. The third-order valence-corrected chi connectivity index (χ3v) is 1.08. The van der Waals surface area contributed by atoms with Crippen molar-refractivity contribution in [3.8, 4) is 0 Å². The molecular formula is C7H10NO2P. The second kappa shape index (κ2) is 7.35. The lowest BCUT2D eigenvalue weighted by Gasteiger charge is -1.90. The fourth-order valence-corrected chi connectivity index (χ4v) is 0.614. The van der Waals surface area contributed by atoms with Gasteiger partial charge in [-0.25, -0.2) is 4.57 Å². The zero-order chi connectivity index (χ0) is 8.53. The van der Waals surface area contributed by atoms with Gasteiger partial charge >= 0.3 is 8.69 Å². The maximum atomic E-state index is 8.46. The molecule has 60 valence electrons. The Balaban J connectivity index is 0.000000292. The largest absolute Gasteiger partial charge is 0.326 e. The summed E-state index contributed by atoms with van der Waals surface area (Å²) in [6.07, 6.45) is 0. The first kappa shape index (κ1) is 10.2. The molecule has 3 N–H and O–H groups in total. The summed E-state index contributed by atoms with van der Waals surface area (Å²) in [5, 5.41) is 0. The summed E-state index contributed by atoms with van der Waals surface area (Å²) in [5.41, 5.74) is 6.54. The Bertz CT molecular complexity index is 191. The lowest BCUT2D eigenvalue weighted by atomic mass is 10.2. The molecule has 0 saturated heterocycles. The Morgan fingerprint density at radius 3 is 2.09 bits per heavy atom. The van der Waals surface area contributed by atoms with Crippen molar-refractivity contribution < 1.29 is 9.46 Å². The fourth-order valence-electron chi connectivity index (χ4n) is 0.614. The van der Waals surface area contributed by atoms with E-state index < -0.39 is 8.69 Å². The first-order valence-corrected chi connectivity index (χ1v) is 3.82. The van der Waals surface area contributed by atoms with Crippen LogP contribution in [0.3, 0.4) is 0 Å². The van der Waals surface area contributed by atoms with E-state index >= 15 is 0 Å². The van der Waals surface area contributed by atoms with Gasteiger partial charge in [0.2, 0.25) is 0 Å². The normalized spacial score (nSPS) is 8.55. The van der Waals surface area contributed by atoms with Crippen LogP contribution in [0.1, 0.15) is 5.56 Å². The van der Waals surface area contributed by atoms with Crippen LogP contribution in [0.5, 0.6) is 0 Å². The number of rotatable bonds is 1. The third kappa shape index (κ3) is 5.67. The molecule has 0 fully saturated rings. The van der Waals surface area contributed by atoms with E-state index in [0.29, 0.717) is 6.54 Å². The molecule has 0 aliphatic rings. The van der Waals surface area contributed by atoms with Gasteiger partial charge in [0.1, 0.15) is 0 Å². The Morgan fingerprint density at radius 1 is 1.36 bits per heavy atom. The third-order valence-electron chi connectivity index (χ3n) is 1.08. The number of benzene rings is 1. The van der Waals surface area contributed by atoms with Crippen molar-refractivity contribution >= 4 is 8.69 Å². The Hall–Kier alpha value is -0.760. The summed E-state index contributed by atoms with van der Waals surface area (Å²) in [6, 6.07) is 9.99. The summed E-state index contributed by atoms with van der Waals surface area (Å²) in [6.45, 7) is 0.640. The molecule has 4 heteroatoms. The smallest absolute Gasteiger partial charge is 0.324 e. The first-order chi connectivity index (χ1) is 5.35. The number of nitrogens with two attached hydrogens (primary N) is 1. The zero-order valence-corrected chi connectivity index (χ0v) is 6.87.